The van der Waals surface area contributed by atoms with Crippen LogP contribution in [0.25, 0.3) is 5.82 Å². The molecule has 0 radical (unpaired) electrons. The Morgan fingerprint density at radius 1 is 1.25 bits per heavy atom. The smallest absolute Gasteiger partial charge is 0.387 e. The highest BCUT2D eigenvalue weighted by molar-refractivity contribution is 5.56. The van der Waals surface area contributed by atoms with Crippen molar-refractivity contribution in [3.05, 3.63) is 60.6 Å². The van der Waals surface area contributed by atoms with E-state index < -0.39 is 18.2 Å². The molecule has 0 spiro atoms. The molecule has 0 saturated carbocycles. The number of ether oxygens (including phenoxy) is 1. The summed E-state index contributed by atoms with van der Waals surface area (Å²) in [4.78, 5) is 8.08. The number of pyridine rings is 1. The third kappa shape index (κ3) is 3.62. The number of benzene rings is 1. The van der Waals surface area contributed by atoms with Gasteiger partial charge in [0.15, 0.2) is 17.4 Å². The van der Waals surface area contributed by atoms with Gasteiger partial charge in [-0.05, 0) is 29.8 Å². The minimum absolute atomic E-state index is 0.263. The van der Waals surface area contributed by atoms with Crippen LogP contribution in [-0.2, 0) is 6.54 Å². The van der Waals surface area contributed by atoms with Gasteiger partial charge in [0.25, 0.3) is 0 Å². The van der Waals surface area contributed by atoms with Crippen molar-refractivity contribution >= 4 is 5.69 Å². The van der Waals surface area contributed by atoms with E-state index >= 15 is 0 Å². The normalized spacial score (nSPS) is 10.8. The molecular formula is C15H12F3N5O. The van der Waals surface area contributed by atoms with E-state index in [9.17, 15) is 13.2 Å². The first-order valence-electron chi connectivity index (χ1n) is 6.90. The van der Waals surface area contributed by atoms with Gasteiger partial charge < -0.3 is 10.1 Å². The maximum atomic E-state index is 13.7. The van der Waals surface area contributed by atoms with Gasteiger partial charge in [-0.15, -0.1) is 0 Å². The lowest BCUT2D eigenvalue weighted by Gasteiger charge is -2.11. The average molecular weight is 335 g/mol. The van der Waals surface area contributed by atoms with E-state index in [1.807, 2.05) is 0 Å². The molecule has 0 amide bonds. The fraction of sp³-hybridized carbons (Fsp3) is 0.133. The molecule has 2 heterocycles. The molecule has 3 rings (SSSR count). The average Bonchev–Trinajstić information content (AvgIpc) is 3.09. The number of alkyl halides is 2. The highest BCUT2D eigenvalue weighted by Gasteiger charge is 2.11. The lowest BCUT2D eigenvalue weighted by atomic mass is 10.2. The molecule has 124 valence electrons. The molecule has 0 fully saturated rings. The quantitative estimate of drug-likeness (QED) is 0.750. The minimum atomic E-state index is -3.07. The Hall–Kier alpha value is -3.10. The molecule has 0 aliphatic carbocycles. The molecule has 24 heavy (non-hydrogen) atoms. The molecule has 6 nitrogen and oxygen atoms in total. The maximum Gasteiger partial charge on any atom is 0.387 e. The third-order valence-electron chi connectivity index (χ3n) is 3.12. The van der Waals surface area contributed by atoms with Crippen LogP contribution in [0, 0.1) is 5.82 Å². The second kappa shape index (κ2) is 6.99. The van der Waals surface area contributed by atoms with Crippen LogP contribution in [0.3, 0.4) is 0 Å². The SMILES string of the molecule is Fc1cc(CNc2cccnc2-n2cncn2)ccc1OC(F)F. The molecule has 0 aliphatic heterocycles. The van der Waals surface area contributed by atoms with E-state index in [4.69, 9.17) is 0 Å². The van der Waals surface area contributed by atoms with Crippen molar-refractivity contribution in [2.75, 3.05) is 5.32 Å². The standard InChI is InChI=1S/C15H12F3N5O/c16-11-6-10(3-4-13(11)24-15(17)18)7-21-12-2-1-5-20-14(12)23-9-19-8-22-23/h1-6,8-9,15,21H,7H2. The fourth-order valence-electron chi connectivity index (χ4n) is 2.08. The number of nitrogens with zero attached hydrogens (tertiary/aromatic N) is 4. The molecular weight excluding hydrogens is 323 g/mol. The summed E-state index contributed by atoms with van der Waals surface area (Å²) in [6.45, 7) is -2.80. The summed E-state index contributed by atoms with van der Waals surface area (Å²) in [7, 11) is 0. The Balaban J connectivity index is 1.74. The molecule has 0 atom stereocenters. The lowest BCUT2D eigenvalue weighted by molar-refractivity contribution is -0.0522. The number of nitrogens with one attached hydrogen (secondary N) is 1. The molecule has 0 bridgehead atoms. The van der Waals surface area contributed by atoms with Crippen molar-refractivity contribution in [1.29, 1.82) is 0 Å². The minimum Gasteiger partial charge on any atom is -0.432 e. The second-order valence-electron chi connectivity index (χ2n) is 4.71. The number of aromatic nitrogens is 4. The third-order valence-corrected chi connectivity index (χ3v) is 3.12. The summed E-state index contributed by atoms with van der Waals surface area (Å²) in [5, 5.41) is 7.11. The van der Waals surface area contributed by atoms with Crippen molar-refractivity contribution in [2.45, 2.75) is 13.2 Å². The predicted octanol–water partition coefficient (Wildman–Crippen LogP) is 3.01. The molecule has 0 unspecified atom stereocenters. The molecule has 0 aliphatic rings. The Morgan fingerprint density at radius 2 is 2.12 bits per heavy atom. The topological polar surface area (TPSA) is 64.9 Å². The predicted molar refractivity (Wildman–Crippen MR) is 79.5 cm³/mol. The summed E-state index contributed by atoms with van der Waals surface area (Å²) in [6.07, 6.45) is 4.50. The summed E-state index contributed by atoms with van der Waals surface area (Å²) >= 11 is 0. The Kier molecular flexibility index (Phi) is 4.59. The lowest BCUT2D eigenvalue weighted by Crippen LogP contribution is -2.07. The van der Waals surface area contributed by atoms with Crippen LogP contribution in [-0.4, -0.2) is 26.4 Å². The summed E-state index contributed by atoms with van der Waals surface area (Å²) in [5.74, 6) is -0.802. The van der Waals surface area contributed by atoms with Gasteiger partial charge in [-0.3, -0.25) is 0 Å². The molecule has 9 heteroatoms. The number of hydrogen-bond donors (Lipinski definition) is 1. The van der Waals surface area contributed by atoms with Crippen LogP contribution in [0.5, 0.6) is 5.75 Å². The van der Waals surface area contributed by atoms with Crippen LogP contribution >= 0.6 is 0 Å². The van der Waals surface area contributed by atoms with E-state index in [-0.39, 0.29) is 6.54 Å². The molecule has 1 N–H and O–H groups in total. The molecule has 0 saturated heterocycles. The number of hydrogen-bond acceptors (Lipinski definition) is 5. The number of anilines is 1. The van der Waals surface area contributed by atoms with Crippen LogP contribution in [0.2, 0.25) is 0 Å². The van der Waals surface area contributed by atoms with Crippen molar-refractivity contribution in [2.24, 2.45) is 0 Å². The summed E-state index contributed by atoms with van der Waals surface area (Å²) in [5.41, 5.74) is 1.22. The zero-order valence-electron chi connectivity index (χ0n) is 12.2. The highest BCUT2D eigenvalue weighted by Crippen LogP contribution is 2.22. The Labute approximate surface area is 134 Å². The first-order valence-corrected chi connectivity index (χ1v) is 6.90. The van der Waals surface area contributed by atoms with E-state index in [0.29, 0.717) is 17.1 Å². The van der Waals surface area contributed by atoms with Gasteiger partial charge in [-0.25, -0.2) is 19.0 Å². The van der Waals surface area contributed by atoms with Crippen molar-refractivity contribution < 1.29 is 17.9 Å². The van der Waals surface area contributed by atoms with E-state index in [2.05, 4.69) is 25.1 Å². The van der Waals surface area contributed by atoms with Gasteiger partial charge in [-0.2, -0.15) is 13.9 Å². The summed E-state index contributed by atoms with van der Waals surface area (Å²) in [6, 6.07) is 7.33. The van der Waals surface area contributed by atoms with E-state index in [1.54, 1.807) is 18.3 Å². The summed E-state index contributed by atoms with van der Waals surface area (Å²) < 4.78 is 43.5. The molecule has 2 aromatic heterocycles. The van der Waals surface area contributed by atoms with Crippen LogP contribution in [0.15, 0.2) is 49.2 Å². The van der Waals surface area contributed by atoms with Gasteiger partial charge in [0, 0.05) is 12.7 Å². The Morgan fingerprint density at radius 3 is 2.83 bits per heavy atom. The van der Waals surface area contributed by atoms with Gasteiger partial charge in [0.1, 0.15) is 12.7 Å². The first kappa shape index (κ1) is 15.8. The van der Waals surface area contributed by atoms with Gasteiger partial charge in [-0.1, -0.05) is 6.07 Å². The number of rotatable bonds is 6. The van der Waals surface area contributed by atoms with Crippen LogP contribution in [0.4, 0.5) is 18.9 Å². The number of halogens is 3. The fourth-order valence-corrected chi connectivity index (χ4v) is 2.08. The first-order chi connectivity index (χ1) is 11.6. The van der Waals surface area contributed by atoms with Gasteiger partial charge in [0.05, 0.1) is 5.69 Å². The zero-order chi connectivity index (χ0) is 16.9. The van der Waals surface area contributed by atoms with E-state index in [0.717, 1.165) is 6.07 Å². The second-order valence-corrected chi connectivity index (χ2v) is 4.71. The highest BCUT2D eigenvalue weighted by atomic mass is 19.3. The zero-order valence-corrected chi connectivity index (χ0v) is 12.2. The van der Waals surface area contributed by atoms with Gasteiger partial charge in [0.2, 0.25) is 0 Å². The van der Waals surface area contributed by atoms with E-state index in [1.165, 1.54) is 29.5 Å². The molecule has 1 aromatic carbocycles. The monoisotopic (exact) mass is 335 g/mol. The Bertz CT molecular complexity index is 811. The van der Waals surface area contributed by atoms with Gasteiger partial charge >= 0.3 is 6.61 Å². The van der Waals surface area contributed by atoms with Crippen LogP contribution in [0.1, 0.15) is 5.56 Å². The van der Waals surface area contributed by atoms with Crippen LogP contribution < -0.4 is 10.1 Å². The van der Waals surface area contributed by atoms with Crippen molar-refractivity contribution in [3.63, 3.8) is 0 Å². The largest absolute Gasteiger partial charge is 0.432 e. The van der Waals surface area contributed by atoms with Crippen molar-refractivity contribution in [3.8, 4) is 11.6 Å². The molecule has 3 aromatic rings. The maximum absolute atomic E-state index is 13.7. The van der Waals surface area contributed by atoms with Crippen molar-refractivity contribution in [1.82, 2.24) is 19.7 Å².